The molecule has 2 aromatic carbocycles. The topological polar surface area (TPSA) is 517 Å². The van der Waals surface area contributed by atoms with E-state index in [-0.39, 0.29) is 109 Å². The van der Waals surface area contributed by atoms with E-state index in [0.717, 1.165) is 12.1 Å². The third-order valence-corrected chi connectivity index (χ3v) is 30.7. The number of aromatic hydroxyl groups is 1. The van der Waals surface area contributed by atoms with Crippen molar-refractivity contribution in [3.8, 4) is 5.75 Å². The number of aliphatic carboxylic acids is 4. The van der Waals surface area contributed by atoms with Gasteiger partial charge in [-0.2, -0.15) is 0 Å². The molecule has 0 radical (unpaired) electrons. The average molecular weight is 1480 g/mol. The van der Waals surface area contributed by atoms with Crippen LogP contribution in [0.5, 0.6) is 5.75 Å². The van der Waals surface area contributed by atoms with E-state index in [1.807, 2.05) is 0 Å². The van der Waals surface area contributed by atoms with Crippen LogP contribution in [0.4, 0.5) is 0 Å². The van der Waals surface area contributed by atoms with E-state index in [2.05, 4.69) is 0 Å². The normalized spacial score (nSPS) is 42.9. The first kappa shape index (κ1) is 58.4. The Balaban J connectivity index is 0.946. The highest BCUT2D eigenvalue weighted by molar-refractivity contribution is 6.26. The number of carbonyl (C=O) groups excluding carboxylic acids is 4. The lowest BCUT2D eigenvalue weighted by Crippen LogP contribution is -2.89. The van der Waals surface area contributed by atoms with E-state index in [0.29, 0.717) is 6.08 Å². The number of hydrogen-bond acceptors (Lipinski definition) is 26. The SMILES string of the molecule is O=COC1=C2C=CC3=C(O)C4=C(OC=O)C5=C(OC=O)c6ccc(C(=O)O)c7c(O)c8c9c(c67)C5C5C4[C@@]4(O)C3C2=C2C3C67OC6%10C6=C([C@]5%11OO[C@]5%12C(=C(C(=O)O)C(=C8C(=O)O)C(C9%11)[C@]65O)C=C(O)C5=C%12C%10C6C(=C5C(=O)O)C(O)=C5C=C8C(C(=O)O)=C(O)C=C9C(OC=O)=C%10C(O)=C1[C@]21O[C@@]12C%10=C(C98)C5C6=C72)[C@]34O. The maximum absolute atomic E-state index is 16.9. The molecule has 14 N–H and O–H groups in total. The number of phenols is 1. The van der Waals surface area contributed by atoms with E-state index < -0.39 is 303 Å². The molecule has 4 aliphatic heterocycles. The van der Waals surface area contributed by atoms with Gasteiger partial charge in [-0.25, -0.2) is 33.7 Å². The second-order valence-electron chi connectivity index (χ2n) is 32.5. The molecule has 6 fully saturated rings. The Morgan fingerprint density at radius 1 is 0.500 bits per heavy atom. The third-order valence-electron chi connectivity index (χ3n) is 30.7. The van der Waals surface area contributed by atoms with E-state index in [1.165, 1.54) is 24.3 Å². The van der Waals surface area contributed by atoms with Gasteiger partial charge in [0, 0.05) is 154 Å². The van der Waals surface area contributed by atoms with Crippen molar-refractivity contribution in [3.05, 3.63) is 256 Å². The second-order valence-corrected chi connectivity index (χ2v) is 32.5. The van der Waals surface area contributed by atoms with Crippen molar-refractivity contribution in [1.29, 1.82) is 0 Å². The molecule has 538 valence electrons. The number of phenolic OH excluding ortho intramolecular Hbond substituents is 1. The average Bonchev–Trinajstić information content (AvgIpc) is 1.35. The number of fused-ring (bicyclic) bond motifs is 1. The van der Waals surface area contributed by atoms with Crippen LogP contribution in [0.15, 0.2) is 228 Å². The quantitative estimate of drug-likeness (QED) is 0.0449. The zero-order valence-electron chi connectivity index (χ0n) is 54.4. The molecule has 5 bridgehead atoms. The minimum atomic E-state index is -3.45. The van der Waals surface area contributed by atoms with Gasteiger partial charge in [0.05, 0.1) is 39.3 Å². The van der Waals surface area contributed by atoms with Crippen LogP contribution in [0, 0.1) is 53.3 Å². The van der Waals surface area contributed by atoms with Crippen LogP contribution >= 0.6 is 0 Å². The fraction of sp³-hybridized carbons (Fsp3) is 0.253. The molecule has 6 spiro atoms. The minimum absolute atomic E-state index is 0.00467. The molecule has 110 heavy (non-hydrogen) atoms. The van der Waals surface area contributed by atoms with E-state index in [1.54, 1.807) is 0 Å². The number of aromatic carboxylic acids is 1. The smallest absolute Gasteiger partial charge is 0.339 e. The zero-order valence-corrected chi connectivity index (χ0v) is 54.4. The van der Waals surface area contributed by atoms with Crippen molar-refractivity contribution in [3.63, 3.8) is 0 Å². The van der Waals surface area contributed by atoms with E-state index in [9.17, 15) is 84.9 Å². The van der Waals surface area contributed by atoms with Gasteiger partial charge in [-0.1, -0.05) is 12.2 Å². The number of aliphatic hydroxyl groups is 8. The monoisotopic (exact) mass is 1480 g/mol. The summed E-state index contributed by atoms with van der Waals surface area (Å²) in [6.07, 6.45) is 5.53. The van der Waals surface area contributed by atoms with Crippen molar-refractivity contribution in [2.24, 2.45) is 53.3 Å². The van der Waals surface area contributed by atoms with Gasteiger partial charge >= 0.3 is 29.8 Å². The standard InChI is InChI=1S/C79H36O31/c80-8-103-58-12-1-3-14(66(90)91)26-24(12)30-33-37(56(26)88)40(70(98)99)32-28(68(94)95)19-7-21(85)29-39(69(96)97)36-35-38-25-17(55(36)87)5-16-22-18(6-20(84)23(16)67(92)93)59(104-9-81)42-45(31(22)25)77-62(38)79-63-52-27-13(60(105-10-82)53(57(42)89)76(52,77)107-77)2-4-15-44(27)72(100)49-43(54(15)86)61(106-11-83)41(58)34(30)47(49)71-46(33)48(32)73(101)65(64(71)74(63,72)102)78(79,108-79)51(35)50(29)75(19,73)110-109-71/h1-11,22,25,34-35,44,46-49,51,63,84-89,100-102H,(H,90,91)(H,92,93)(H,94,95)(H,96,97)(H,98,99)/t22?,25?,34?,35?,44?,46?,47?,48?,49?,51?,63?,71-,72+,73+,74-,75+,76-,77-,78?,79?/m1/s1. The number of epoxide rings is 2. The second kappa shape index (κ2) is 15.5. The number of rotatable bonds is 13. The molecule has 2 aromatic rings. The molecule has 0 aromatic heterocycles. The van der Waals surface area contributed by atoms with Gasteiger partial charge < -0.3 is 99.9 Å². The Morgan fingerprint density at radius 3 is 1.91 bits per heavy atom. The Bertz CT molecular complexity index is 6700. The lowest BCUT2D eigenvalue weighted by atomic mass is 9.23. The number of hydrogen-bond donors (Lipinski definition) is 14. The molecule has 0 amide bonds. The number of carboxylic acid groups (broad SMARTS) is 5. The van der Waals surface area contributed by atoms with Crippen LogP contribution < -0.4 is 0 Å². The van der Waals surface area contributed by atoms with Crippen molar-refractivity contribution < 1.29 is 153 Å². The van der Waals surface area contributed by atoms with Crippen molar-refractivity contribution in [2.75, 3.05) is 0 Å². The highest BCUT2D eigenvalue weighted by Crippen LogP contribution is 3.00. The maximum Gasteiger partial charge on any atom is 0.339 e. The number of ether oxygens (including phenoxy) is 6. The number of aliphatic hydroxyl groups excluding tert-OH is 5. The molecular formula is C79H36O31. The maximum atomic E-state index is 16.9. The van der Waals surface area contributed by atoms with E-state index in [4.69, 9.17) is 38.2 Å². The molecule has 31 nitrogen and oxygen atoms in total. The van der Waals surface area contributed by atoms with Crippen LogP contribution in [0.2, 0.25) is 0 Å². The molecule has 23 aliphatic carbocycles. The van der Waals surface area contributed by atoms with Crippen molar-refractivity contribution in [1.82, 2.24) is 0 Å². The summed E-state index contributed by atoms with van der Waals surface area (Å²) in [6.45, 7) is -0.117. The first-order valence-electron chi connectivity index (χ1n) is 34.8. The largest absolute Gasteiger partial charge is 0.507 e. The highest BCUT2D eigenvalue weighted by atomic mass is 17.2. The lowest BCUT2D eigenvalue weighted by molar-refractivity contribution is -0.421. The Hall–Kier alpha value is -12.8. The lowest BCUT2D eigenvalue weighted by Gasteiger charge is -2.79. The predicted octanol–water partition coefficient (Wildman–Crippen LogP) is 3.35. The van der Waals surface area contributed by atoms with Gasteiger partial charge in [0.15, 0.2) is 16.8 Å². The van der Waals surface area contributed by atoms with Crippen LogP contribution in [-0.4, -0.2) is 178 Å². The number of carbonyl (C=O) groups is 9. The van der Waals surface area contributed by atoms with Crippen LogP contribution in [-0.2, 0) is 76.6 Å². The summed E-state index contributed by atoms with van der Waals surface area (Å²) >= 11 is 0. The molecule has 20 atom stereocenters. The first-order chi connectivity index (χ1) is 52.7. The van der Waals surface area contributed by atoms with Gasteiger partial charge in [-0.15, -0.1) is 0 Å². The molecule has 31 heteroatoms. The minimum Gasteiger partial charge on any atom is -0.507 e. The van der Waals surface area contributed by atoms with Gasteiger partial charge in [0.25, 0.3) is 25.9 Å². The Morgan fingerprint density at radius 2 is 1.20 bits per heavy atom. The van der Waals surface area contributed by atoms with Crippen molar-refractivity contribution >= 4 is 77.8 Å². The third kappa shape index (κ3) is 4.33. The summed E-state index contributed by atoms with van der Waals surface area (Å²) in [5.74, 6) is -39.2. The predicted molar refractivity (Wildman–Crippen MR) is 343 cm³/mol. The van der Waals surface area contributed by atoms with Gasteiger partial charge in [-0.05, 0) is 80.5 Å². The molecule has 3 saturated heterocycles. The summed E-state index contributed by atoms with van der Waals surface area (Å²) in [5, 5.41) is 191. The van der Waals surface area contributed by atoms with Crippen LogP contribution in [0.3, 0.4) is 0 Å². The summed E-state index contributed by atoms with van der Waals surface area (Å²) in [7, 11) is 0. The molecule has 3 saturated carbocycles. The van der Waals surface area contributed by atoms with Gasteiger partial charge in [0.2, 0.25) is 0 Å². The number of benzene rings is 2. The van der Waals surface area contributed by atoms with Crippen LogP contribution in [0.25, 0.3) is 22.1 Å². The van der Waals surface area contributed by atoms with Crippen LogP contribution in [0.1, 0.15) is 44.4 Å². The number of carboxylic acids is 5. The molecule has 4 heterocycles. The first-order valence-corrected chi connectivity index (χ1v) is 34.8. The highest BCUT2D eigenvalue weighted by Gasteiger charge is 3.08. The zero-order chi connectivity index (χ0) is 75.0. The fourth-order valence-electron chi connectivity index (χ4n) is 29.3. The van der Waals surface area contributed by atoms with Gasteiger partial charge in [-0.3, -0.25) is 19.2 Å². The summed E-state index contributed by atoms with van der Waals surface area (Å²) in [5.41, 5.74) is -41.2. The summed E-state index contributed by atoms with van der Waals surface area (Å²) in [4.78, 5) is 144. The van der Waals surface area contributed by atoms with Gasteiger partial charge in [0.1, 0.15) is 96.8 Å². The Kier molecular flexibility index (Phi) is 8.23. The summed E-state index contributed by atoms with van der Waals surface area (Å²) in [6, 6.07) is 2.16. The summed E-state index contributed by atoms with van der Waals surface area (Å²) < 4.78 is 40.7. The van der Waals surface area contributed by atoms with Crippen molar-refractivity contribution in [2.45, 2.75) is 62.2 Å². The number of allylic oxidation sites excluding steroid dienone is 14. The Labute approximate surface area is 605 Å². The molecular weight excluding hydrogens is 1440 g/mol. The molecule has 13 unspecified atom stereocenters. The molecule has 27 aliphatic rings. The molecule has 29 rings (SSSR count). The van der Waals surface area contributed by atoms with E-state index >= 15 is 29.7 Å². The fourth-order valence-corrected chi connectivity index (χ4v) is 29.3.